The molecule has 1 aromatic heterocycles. The van der Waals surface area contributed by atoms with Gasteiger partial charge < -0.3 is 15.0 Å². The maximum absolute atomic E-state index is 12.4. The molecule has 0 bridgehead atoms. The predicted octanol–water partition coefficient (Wildman–Crippen LogP) is 3.30. The average molecular weight is 341 g/mol. The average Bonchev–Trinajstić information content (AvgIpc) is 2.66. The van der Waals surface area contributed by atoms with E-state index in [4.69, 9.17) is 4.74 Å². The zero-order chi connectivity index (χ0) is 18.1. The van der Waals surface area contributed by atoms with Gasteiger partial charge in [-0.2, -0.15) is 0 Å². The first-order valence-corrected chi connectivity index (χ1v) is 8.72. The van der Waals surface area contributed by atoms with Gasteiger partial charge in [-0.3, -0.25) is 4.79 Å². The van der Waals surface area contributed by atoms with Gasteiger partial charge in [-0.05, 0) is 42.7 Å². The van der Waals surface area contributed by atoms with Crippen molar-refractivity contribution in [2.75, 3.05) is 32.1 Å². The smallest absolute Gasteiger partial charge is 0.251 e. The van der Waals surface area contributed by atoms with E-state index in [0.717, 1.165) is 42.9 Å². The number of anilines is 1. The molecule has 2 rings (SSSR count). The lowest BCUT2D eigenvalue weighted by atomic mass is 10.1. The third-order valence-corrected chi connectivity index (χ3v) is 4.08. The molecule has 0 aliphatic heterocycles. The number of carbonyl (C=O) groups is 1. The van der Waals surface area contributed by atoms with Gasteiger partial charge in [0.25, 0.3) is 5.91 Å². The number of amides is 1. The maximum atomic E-state index is 12.4. The summed E-state index contributed by atoms with van der Waals surface area (Å²) in [5.74, 6) is 1.59. The summed E-state index contributed by atoms with van der Waals surface area (Å²) in [6.45, 7) is 3.67. The van der Waals surface area contributed by atoms with E-state index in [1.807, 2.05) is 37.4 Å². The van der Waals surface area contributed by atoms with Gasteiger partial charge in [-0.1, -0.05) is 25.5 Å². The number of carbonyl (C=O) groups excluding carboxylic acids is 1. The first kappa shape index (κ1) is 18.8. The van der Waals surface area contributed by atoms with E-state index in [1.165, 1.54) is 0 Å². The minimum Gasteiger partial charge on any atom is -0.497 e. The molecule has 25 heavy (non-hydrogen) atoms. The van der Waals surface area contributed by atoms with Gasteiger partial charge in [0.05, 0.1) is 7.11 Å². The van der Waals surface area contributed by atoms with Gasteiger partial charge in [-0.15, -0.1) is 0 Å². The highest BCUT2D eigenvalue weighted by Gasteiger charge is 2.09. The van der Waals surface area contributed by atoms with Gasteiger partial charge in [0.15, 0.2) is 0 Å². The largest absolute Gasteiger partial charge is 0.497 e. The van der Waals surface area contributed by atoms with Crippen LogP contribution in [0.1, 0.15) is 35.7 Å². The second kappa shape index (κ2) is 9.67. The summed E-state index contributed by atoms with van der Waals surface area (Å²) >= 11 is 0. The number of nitrogens with one attached hydrogen (secondary N) is 1. The molecule has 0 unspecified atom stereocenters. The number of nitrogens with zero attached hydrogens (tertiary/aromatic N) is 2. The molecule has 0 atom stereocenters. The molecule has 0 spiro atoms. The fourth-order valence-electron chi connectivity index (χ4n) is 2.53. The van der Waals surface area contributed by atoms with Crippen molar-refractivity contribution in [3.05, 3.63) is 53.7 Å². The van der Waals surface area contributed by atoms with E-state index in [-0.39, 0.29) is 5.91 Å². The van der Waals surface area contributed by atoms with Crippen molar-refractivity contribution < 1.29 is 9.53 Å². The van der Waals surface area contributed by atoms with E-state index >= 15 is 0 Å². The molecule has 1 heterocycles. The summed E-state index contributed by atoms with van der Waals surface area (Å²) < 4.78 is 5.22. The number of hydrogen-bond acceptors (Lipinski definition) is 4. The Bertz CT molecular complexity index is 688. The zero-order valence-corrected chi connectivity index (χ0v) is 15.3. The van der Waals surface area contributed by atoms with Crippen LogP contribution in [0.2, 0.25) is 0 Å². The molecule has 0 aliphatic rings. The van der Waals surface area contributed by atoms with Gasteiger partial charge >= 0.3 is 0 Å². The molecule has 1 N–H and O–H groups in total. The van der Waals surface area contributed by atoms with Crippen LogP contribution >= 0.6 is 0 Å². The van der Waals surface area contributed by atoms with E-state index in [2.05, 4.69) is 22.1 Å². The second-order valence-corrected chi connectivity index (χ2v) is 6.04. The van der Waals surface area contributed by atoms with E-state index in [1.54, 1.807) is 19.4 Å². The van der Waals surface area contributed by atoms with Crippen LogP contribution in [0.3, 0.4) is 0 Å². The van der Waals surface area contributed by atoms with Crippen LogP contribution in [0, 0.1) is 0 Å². The topological polar surface area (TPSA) is 54.5 Å². The number of hydrogen-bond donors (Lipinski definition) is 1. The van der Waals surface area contributed by atoms with Crippen LogP contribution in [0.15, 0.2) is 42.6 Å². The quantitative estimate of drug-likeness (QED) is 0.760. The lowest BCUT2D eigenvalue weighted by Crippen LogP contribution is -2.26. The van der Waals surface area contributed by atoms with Crippen molar-refractivity contribution in [1.82, 2.24) is 10.3 Å². The third kappa shape index (κ3) is 5.78. The fraction of sp³-hybridized carbons (Fsp3) is 0.400. The van der Waals surface area contributed by atoms with Crippen LogP contribution < -0.4 is 15.0 Å². The Morgan fingerprint density at radius 2 is 2.12 bits per heavy atom. The molecule has 0 saturated heterocycles. The molecular formula is C20H27N3O2. The first-order chi connectivity index (χ1) is 12.1. The summed E-state index contributed by atoms with van der Waals surface area (Å²) in [4.78, 5) is 18.8. The Kier molecular flexibility index (Phi) is 7.26. The van der Waals surface area contributed by atoms with E-state index < -0.39 is 0 Å². The van der Waals surface area contributed by atoms with Gasteiger partial charge in [0, 0.05) is 31.9 Å². The Morgan fingerprint density at radius 1 is 1.28 bits per heavy atom. The summed E-state index contributed by atoms with van der Waals surface area (Å²) in [7, 11) is 3.65. The highest BCUT2D eigenvalue weighted by molar-refractivity contribution is 5.94. The van der Waals surface area contributed by atoms with Gasteiger partial charge in [-0.25, -0.2) is 4.98 Å². The molecule has 0 radical (unpaired) electrons. The summed E-state index contributed by atoms with van der Waals surface area (Å²) in [5.41, 5.74) is 1.77. The molecule has 1 aromatic carbocycles. The summed E-state index contributed by atoms with van der Waals surface area (Å²) in [6, 6.07) is 11.5. The van der Waals surface area contributed by atoms with Crippen molar-refractivity contribution in [1.29, 1.82) is 0 Å². The van der Waals surface area contributed by atoms with Crippen molar-refractivity contribution in [3.63, 3.8) is 0 Å². The number of rotatable bonds is 9. The number of unbranched alkanes of at least 4 members (excludes halogenated alkanes) is 1. The summed E-state index contributed by atoms with van der Waals surface area (Å²) in [5, 5.41) is 2.97. The molecule has 134 valence electrons. The predicted molar refractivity (Wildman–Crippen MR) is 101 cm³/mol. The Labute approximate surface area is 150 Å². The second-order valence-electron chi connectivity index (χ2n) is 6.04. The van der Waals surface area contributed by atoms with Crippen molar-refractivity contribution in [2.24, 2.45) is 0 Å². The molecule has 5 heteroatoms. The molecule has 2 aromatic rings. The van der Waals surface area contributed by atoms with Gasteiger partial charge in [0.1, 0.15) is 11.6 Å². The SMILES string of the molecule is CCCCN(C)c1cc(C(=O)NCCc2cccc(OC)c2)ccn1. The number of pyridine rings is 1. The Morgan fingerprint density at radius 3 is 2.88 bits per heavy atom. The van der Waals surface area contributed by atoms with Crippen molar-refractivity contribution in [2.45, 2.75) is 26.2 Å². The van der Waals surface area contributed by atoms with Gasteiger partial charge in [0.2, 0.25) is 0 Å². The fourth-order valence-corrected chi connectivity index (χ4v) is 2.53. The Hall–Kier alpha value is -2.56. The Balaban J connectivity index is 1.90. The highest BCUT2D eigenvalue weighted by Crippen LogP contribution is 2.13. The van der Waals surface area contributed by atoms with Crippen LogP contribution in [0.25, 0.3) is 0 Å². The zero-order valence-electron chi connectivity index (χ0n) is 15.3. The van der Waals surface area contributed by atoms with Crippen LogP contribution in [0.5, 0.6) is 5.75 Å². The van der Waals surface area contributed by atoms with E-state index in [0.29, 0.717) is 12.1 Å². The number of benzene rings is 1. The minimum absolute atomic E-state index is 0.0737. The van der Waals surface area contributed by atoms with Crippen LogP contribution in [0.4, 0.5) is 5.82 Å². The molecular weight excluding hydrogens is 314 g/mol. The maximum Gasteiger partial charge on any atom is 0.251 e. The standard InChI is InChI=1S/C20H27N3O2/c1-4-5-13-23(2)19-15-17(10-12-21-19)20(24)22-11-9-16-7-6-8-18(14-16)25-3/h6-8,10,12,14-15H,4-5,9,11,13H2,1-3H3,(H,22,24). The number of methoxy groups -OCH3 is 1. The number of aromatic nitrogens is 1. The first-order valence-electron chi connectivity index (χ1n) is 8.72. The van der Waals surface area contributed by atoms with E-state index in [9.17, 15) is 4.79 Å². The summed E-state index contributed by atoms with van der Waals surface area (Å²) in [6.07, 6.45) is 4.69. The lowest BCUT2D eigenvalue weighted by molar-refractivity contribution is 0.0954. The lowest BCUT2D eigenvalue weighted by Gasteiger charge is -2.18. The monoisotopic (exact) mass is 341 g/mol. The normalized spacial score (nSPS) is 10.4. The molecule has 0 fully saturated rings. The highest BCUT2D eigenvalue weighted by atomic mass is 16.5. The van der Waals surface area contributed by atoms with Crippen molar-refractivity contribution >= 4 is 11.7 Å². The minimum atomic E-state index is -0.0737. The third-order valence-electron chi connectivity index (χ3n) is 4.08. The van der Waals surface area contributed by atoms with Crippen LogP contribution in [-0.4, -0.2) is 38.1 Å². The van der Waals surface area contributed by atoms with Crippen LogP contribution in [-0.2, 0) is 6.42 Å². The molecule has 1 amide bonds. The number of ether oxygens (including phenoxy) is 1. The molecule has 5 nitrogen and oxygen atoms in total. The van der Waals surface area contributed by atoms with Crippen molar-refractivity contribution in [3.8, 4) is 5.75 Å². The molecule has 0 saturated carbocycles. The molecule has 0 aliphatic carbocycles.